The Morgan fingerprint density at radius 1 is 1.25 bits per heavy atom. The number of nitrogens with one attached hydrogen (secondary N) is 1. The van der Waals surface area contributed by atoms with Crippen LogP contribution in [0.3, 0.4) is 0 Å². The minimum Gasteiger partial charge on any atom is -0.476 e. The monoisotopic (exact) mass is 334 g/mol. The van der Waals surface area contributed by atoms with Crippen molar-refractivity contribution in [3.8, 4) is 0 Å². The maximum absolute atomic E-state index is 12.2. The van der Waals surface area contributed by atoms with Gasteiger partial charge < -0.3 is 10.4 Å². The lowest BCUT2D eigenvalue weighted by Crippen LogP contribution is -2.16. The van der Waals surface area contributed by atoms with Crippen molar-refractivity contribution >= 4 is 33.5 Å². The van der Waals surface area contributed by atoms with Gasteiger partial charge in [0, 0.05) is 16.2 Å². The zero-order valence-electron chi connectivity index (χ0n) is 10.6. The Bertz CT molecular complexity index is 686. The average molecular weight is 335 g/mol. The summed E-state index contributed by atoms with van der Waals surface area (Å²) in [6, 6.07) is 8.32. The Morgan fingerprint density at radius 2 is 2.00 bits per heavy atom. The van der Waals surface area contributed by atoms with Crippen LogP contribution in [0.1, 0.15) is 26.4 Å². The van der Waals surface area contributed by atoms with Gasteiger partial charge in [-0.15, -0.1) is 0 Å². The second kappa shape index (κ2) is 5.83. The van der Waals surface area contributed by atoms with Crippen LogP contribution in [0.2, 0.25) is 0 Å². The van der Waals surface area contributed by atoms with E-state index in [0.29, 0.717) is 5.56 Å². The molecule has 2 N–H and O–H groups in total. The number of amides is 1. The van der Waals surface area contributed by atoms with Gasteiger partial charge in [-0.3, -0.25) is 4.79 Å². The molecule has 0 saturated heterocycles. The summed E-state index contributed by atoms with van der Waals surface area (Å²) in [4.78, 5) is 27.0. The Morgan fingerprint density at radius 3 is 2.70 bits per heavy atom. The maximum atomic E-state index is 12.2. The van der Waals surface area contributed by atoms with Gasteiger partial charge in [0.05, 0.1) is 5.69 Å². The summed E-state index contributed by atoms with van der Waals surface area (Å²) in [5, 5.41) is 11.6. The zero-order valence-corrected chi connectivity index (χ0v) is 12.1. The van der Waals surface area contributed by atoms with Gasteiger partial charge in [0.1, 0.15) is 0 Å². The molecular formula is C14H11BrN2O3. The first-order valence-electron chi connectivity index (χ1n) is 5.75. The van der Waals surface area contributed by atoms with Gasteiger partial charge in [0.25, 0.3) is 5.91 Å². The van der Waals surface area contributed by atoms with E-state index >= 15 is 0 Å². The normalized spacial score (nSPS) is 10.1. The number of nitrogens with zero attached hydrogens (tertiary/aromatic N) is 1. The standard InChI is InChI=1S/C14H11BrN2O3/c1-8-9(4-2-5-10(8)15)13(18)17-11-6-3-7-16-12(11)14(19)20/h2-7H,1H3,(H,17,18)(H,19,20). The lowest BCUT2D eigenvalue weighted by molar-refractivity contribution is 0.0692. The minimum atomic E-state index is -1.19. The molecule has 1 heterocycles. The van der Waals surface area contributed by atoms with Gasteiger partial charge in [-0.05, 0) is 36.8 Å². The van der Waals surface area contributed by atoms with Crippen LogP contribution in [0, 0.1) is 6.92 Å². The second-order valence-electron chi connectivity index (χ2n) is 4.07. The van der Waals surface area contributed by atoms with E-state index < -0.39 is 5.97 Å². The maximum Gasteiger partial charge on any atom is 0.356 e. The highest BCUT2D eigenvalue weighted by Gasteiger charge is 2.16. The molecule has 2 rings (SSSR count). The second-order valence-corrected chi connectivity index (χ2v) is 4.93. The van der Waals surface area contributed by atoms with Crippen molar-refractivity contribution in [3.63, 3.8) is 0 Å². The van der Waals surface area contributed by atoms with Gasteiger partial charge in [0.15, 0.2) is 5.69 Å². The molecule has 5 nitrogen and oxygen atoms in total. The van der Waals surface area contributed by atoms with E-state index in [4.69, 9.17) is 5.11 Å². The Kier molecular flexibility index (Phi) is 4.14. The molecule has 0 aliphatic heterocycles. The quantitative estimate of drug-likeness (QED) is 0.903. The molecule has 20 heavy (non-hydrogen) atoms. The number of hydrogen-bond donors (Lipinski definition) is 2. The smallest absolute Gasteiger partial charge is 0.356 e. The number of pyridine rings is 1. The molecule has 102 valence electrons. The van der Waals surface area contributed by atoms with E-state index in [0.717, 1.165) is 10.0 Å². The number of carboxylic acid groups (broad SMARTS) is 1. The largest absolute Gasteiger partial charge is 0.476 e. The number of aromatic nitrogens is 1. The zero-order chi connectivity index (χ0) is 14.7. The third kappa shape index (κ3) is 2.85. The molecular weight excluding hydrogens is 324 g/mol. The van der Waals surface area contributed by atoms with E-state index in [1.54, 1.807) is 25.1 Å². The van der Waals surface area contributed by atoms with E-state index in [9.17, 15) is 9.59 Å². The molecule has 0 fully saturated rings. The van der Waals surface area contributed by atoms with E-state index in [2.05, 4.69) is 26.2 Å². The lowest BCUT2D eigenvalue weighted by atomic mass is 10.1. The Labute approximate surface area is 123 Å². The summed E-state index contributed by atoms with van der Waals surface area (Å²) in [5.41, 5.74) is 1.24. The van der Waals surface area contributed by atoms with Gasteiger partial charge in [-0.1, -0.05) is 22.0 Å². The summed E-state index contributed by atoms with van der Waals surface area (Å²) in [7, 11) is 0. The third-order valence-corrected chi connectivity index (χ3v) is 3.63. The molecule has 0 spiro atoms. The van der Waals surface area contributed by atoms with Crippen LogP contribution < -0.4 is 5.32 Å². The molecule has 1 aromatic carbocycles. The highest BCUT2D eigenvalue weighted by atomic mass is 79.9. The molecule has 0 unspecified atom stereocenters. The molecule has 0 atom stereocenters. The summed E-state index contributed by atoms with van der Waals surface area (Å²) >= 11 is 3.35. The predicted octanol–water partition coefficient (Wildman–Crippen LogP) is 3.10. The third-order valence-electron chi connectivity index (χ3n) is 2.77. The van der Waals surface area contributed by atoms with E-state index in [1.807, 2.05) is 6.07 Å². The van der Waals surface area contributed by atoms with Crippen LogP contribution in [0.5, 0.6) is 0 Å². The molecule has 0 aliphatic rings. The van der Waals surface area contributed by atoms with Crippen molar-refractivity contribution in [2.75, 3.05) is 5.32 Å². The number of hydrogen-bond acceptors (Lipinski definition) is 3. The number of halogens is 1. The molecule has 6 heteroatoms. The van der Waals surface area contributed by atoms with Crippen LogP contribution in [0.15, 0.2) is 41.0 Å². The van der Waals surface area contributed by atoms with Crippen molar-refractivity contribution in [1.29, 1.82) is 0 Å². The minimum absolute atomic E-state index is 0.171. The van der Waals surface area contributed by atoms with Crippen LogP contribution in [-0.2, 0) is 0 Å². The average Bonchev–Trinajstić information content (AvgIpc) is 2.42. The Hall–Kier alpha value is -2.21. The van der Waals surface area contributed by atoms with Gasteiger partial charge in [0.2, 0.25) is 0 Å². The summed E-state index contributed by atoms with van der Waals surface area (Å²) in [5.74, 6) is -1.56. The van der Waals surface area contributed by atoms with Gasteiger partial charge in [-0.25, -0.2) is 9.78 Å². The number of benzene rings is 1. The lowest BCUT2D eigenvalue weighted by Gasteiger charge is -2.10. The van der Waals surface area contributed by atoms with Crippen LogP contribution in [0.25, 0.3) is 0 Å². The van der Waals surface area contributed by atoms with Gasteiger partial charge >= 0.3 is 5.97 Å². The highest BCUT2D eigenvalue weighted by Crippen LogP contribution is 2.21. The summed E-state index contributed by atoms with van der Waals surface area (Å²) < 4.78 is 0.815. The number of anilines is 1. The highest BCUT2D eigenvalue weighted by molar-refractivity contribution is 9.10. The number of carboxylic acids is 1. The van der Waals surface area contributed by atoms with Crippen LogP contribution in [0.4, 0.5) is 5.69 Å². The molecule has 1 amide bonds. The van der Waals surface area contributed by atoms with Crippen LogP contribution >= 0.6 is 15.9 Å². The summed E-state index contributed by atoms with van der Waals surface area (Å²) in [6.45, 7) is 1.81. The molecule has 0 saturated carbocycles. The molecule has 0 aliphatic carbocycles. The first-order chi connectivity index (χ1) is 9.50. The number of aromatic carboxylic acids is 1. The SMILES string of the molecule is Cc1c(Br)cccc1C(=O)Nc1cccnc1C(=O)O. The topological polar surface area (TPSA) is 79.3 Å². The first kappa shape index (κ1) is 14.2. The fourth-order valence-electron chi connectivity index (χ4n) is 1.72. The predicted molar refractivity (Wildman–Crippen MR) is 78.0 cm³/mol. The van der Waals surface area contributed by atoms with Crippen molar-refractivity contribution in [2.45, 2.75) is 6.92 Å². The van der Waals surface area contributed by atoms with Gasteiger partial charge in [-0.2, -0.15) is 0 Å². The Balaban J connectivity index is 2.33. The molecule has 0 radical (unpaired) electrons. The first-order valence-corrected chi connectivity index (χ1v) is 6.55. The fourth-order valence-corrected chi connectivity index (χ4v) is 2.09. The molecule has 1 aromatic heterocycles. The van der Waals surface area contributed by atoms with Crippen molar-refractivity contribution in [2.24, 2.45) is 0 Å². The number of carbonyl (C=O) groups is 2. The summed E-state index contributed by atoms with van der Waals surface area (Å²) in [6.07, 6.45) is 1.36. The fraction of sp³-hybridized carbons (Fsp3) is 0.0714. The van der Waals surface area contributed by atoms with Crippen molar-refractivity contribution in [1.82, 2.24) is 4.98 Å². The number of carbonyl (C=O) groups excluding carboxylic acids is 1. The molecule has 2 aromatic rings. The molecule has 0 bridgehead atoms. The van der Waals surface area contributed by atoms with Crippen molar-refractivity contribution in [3.05, 3.63) is 57.8 Å². The van der Waals surface area contributed by atoms with Crippen molar-refractivity contribution < 1.29 is 14.7 Å². The number of rotatable bonds is 3. The van der Waals surface area contributed by atoms with Crippen LogP contribution in [-0.4, -0.2) is 22.0 Å². The van der Waals surface area contributed by atoms with E-state index in [-0.39, 0.29) is 17.3 Å². The van der Waals surface area contributed by atoms with E-state index in [1.165, 1.54) is 12.3 Å².